The minimum atomic E-state index is 0.535. The van der Waals surface area contributed by atoms with Crippen LogP contribution in [-0.2, 0) is 6.42 Å². The molecule has 1 aromatic carbocycles. The molecule has 1 N–H and O–H groups in total. The van der Waals surface area contributed by atoms with Crippen LogP contribution in [0.5, 0.6) is 5.88 Å². The zero-order chi connectivity index (χ0) is 10.8. The number of rotatable bonds is 3. The van der Waals surface area contributed by atoms with Crippen LogP contribution in [0.25, 0.3) is 10.9 Å². The highest BCUT2D eigenvalue weighted by atomic mass is 16.5. The van der Waals surface area contributed by atoms with Gasteiger partial charge in [0.1, 0.15) is 0 Å². The fourth-order valence-electron chi connectivity index (χ4n) is 1.73. The van der Waals surface area contributed by atoms with E-state index in [1.165, 1.54) is 5.56 Å². The molecule has 1 aromatic heterocycles. The van der Waals surface area contributed by atoms with Gasteiger partial charge in [0.05, 0.1) is 12.7 Å². The minimum absolute atomic E-state index is 0.535. The Morgan fingerprint density at radius 1 is 1.47 bits per heavy atom. The molecule has 0 unspecified atom stereocenters. The van der Waals surface area contributed by atoms with Crippen LogP contribution < -0.4 is 4.74 Å². The second kappa shape index (κ2) is 3.77. The third kappa shape index (κ3) is 1.50. The summed E-state index contributed by atoms with van der Waals surface area (Å²) in [6.45, 7) is 2.09. The van der Waals surface area contributed by atoms with Gasteiger partial charge in [-0.1, -0.05) is 13.0 Å². The first kappa shape index (κ1) is 9.77. The van der Waals surface area contributed by atoms with Crippen LogP contribution in [0, 0.1) is 0 Å². The monoisotopic (exact) mass is 203 g/mol. The molecule has 0 saturated carbocycles. The van der Waals surface area contributed by atoms with Crippen molar-refractivity contribution in [1.82, 2.24) is 4.98 Å². The number of aldehydes is 1. The Morgan fingerprint density at radius 2 is 2.27 bits per heavy atom. The molecule has 0 amide bonds. The molecule has 1 heterocycles. The van der Waals surface area contributed by atoms with Crippen molar-refractivity contribution in [3.63, 3.8) is 0 Å². The third-order valence-electron chi connectivity index (χ3n) is 2.60. The van der Waals surface area contributed by atoms with E-state index in [9.17, 15) is 4.79 Å². The first-order valence-corrected chi connectivity index (χ1v) is 4.94. The van der Waals surface area contributed by atoms with Crippen molar-refractivity contribution in [3.8, 4) is 5.88 Å². The molecule has 0 bridgehead atoms. The molecule has 0 aliphatic carbocycles. The van der Waals surface area contributed by atoms with Gasteiger partial charge in [-0.15, -0.1) is 0 Å². The summed E-state index contributed by atoms with van der Waals surface area (Å²) in [5, 5.41) is 0.932. The van der Waals surface area contributed by atoms with Gasteiger partial charge >= 0.3 is 0 Å². The van der Waals surface area contributed by atoms with Gasteiger partial charge in [0, 0.05) is 10.9 Å². The van der Waals surface area contributed by atoms with E-state index < -0.39 is 0 Å². The molecule has 2 aromatic rings. The number of fused-ring (bicyclic) bond motifs is 1. The lowest BCUT2D eigenvalue weighted by Gasteiger charge is -1.96. The largest absolute Gasteiger partial charge is 0.482 e. The second-order valence-corrected chi connectivity index (χ2v) is 3.42. The number of hydrogen-bond acceptors (Lipinski definition) is 2. The summed E-state index contributed by atoms with van der Waals surface area (Å²) in [6, 6.07) is 6.05. The van der Waals surface area contributed by atoms with Crippen molar-refractivity contribution in [2.45, 2.75) is 13.3 Å². The predicted octanol–water partition coefficient (Wildman–Crippen LogP) is 2.55. The van der Waals surface area contributed by atoms with Crippen LogP contribution in [0.15, 0.2) is 18.2 Å². The SMILES string of the molecule is CCc1ccc2[nH]c(OC)c(C=O)c2c1. The number of H-pyrrole nitrogens is 1. The molecule has 0 atom stereocenters. The van der Waals surface area contributed by atoms with Crippen molar-refractivity contribution >= 4 is 17.2 Å². The number of carbonyl (C=O) groups is 1. The van der Waals surface area contributed by atoms with Crippen LogP contribution >= 0.6 is 0 Å². The Balaban J connectivity index is 2.73. The summed E-state index contributed by atoms with van der Waals surface area (Å²) >= 11 is 0. The average Bonchev–Trinajstić information content (AvgIpc) is 2.65. The molecule has 78 valence electrons. The number of aromatic nitrogens is 1. The van der Waals surface area contributed by atoms with Gasteiger partial charge in [-0.2, -0.15) is 0 Å². The lowest BCUT2D eigenvalue weighted by Crippen LogP contribution is -1.86. The lowest BCUT2D eigenvalue weighted by atomic mass is 10.1. The molecule has 0 spiro atoms. The number of ether oxygens (including phenoxy) is 1. The van der Waals surface area contributed by atoms with E-state index in [1.54, 1.807) is 7.11 Å². The summed E-state index contributed by atoms with van der Waals surface area (Å²) in [4.78, 5) is 14.0. The summed E-state index contributed by atoms with van der Waals surface area (Å²) in [7, 11) is 1.55. The van der Waals surface area contributed by atoms with Gasteiger partial charge < -0.3 is 9.72 Å². The normalized spacial score (nSPS) is 10.5. The summed E-state index contributed by atoms with van der Waals surface area (Å²) < 4.78 is 5.11. The van der Waals surface area contributed by atoms with Crippen molar-refractivity contribution < 1.29 is 9.53 Å². The summed E-state index contributed by atoms with van der Waals surface area (Å²) in [6.07, 6.45) is 1.79. The van der Waals surface area contributed by atoms with Crippen molar-refractivity contribution in [1.29, 1.82) is 0 Å². The van der Waals surface area contributed by atoms with Crippen molar-refractivity contribution in [2.75, 3.05) is 7.11 Å². The number of aromatic amines is 1. The maximum Gasteiger partial charge on any atom is 0.202 e. The second-order valence-electron chi connectivity index (χ2n) is 3.42. The standard InChI is InChI=1S/C12H13NO2/c1-3-8-4-5-11-9(6-8)10(7-14)12(13-11)15-2/h4-7,13H,3H2,1-2H3. The molecule has 2 rings (SSSR count). The minimum Gasteiger partial charge on any atom is -0.482 e. The van der Waals surface area contributed by atoms with Crippen LogP contribution in [0.4, 0.5) is 0 Å². The average molecular weight is 203 g/mol. The van der Waals surface area contributed by atoms with Gasteiger partial charge in [0.25, 0.3) is 0 Å². The highest BCUT2D eigenvalue weighted by molar-refractivity contribution is 6.00. The molecule has 0 fully saturated rings. The van der Waals surface area contributed by atoms with Crippen LogP contribution in [0.3, 0.4) is 0 Å². The van der Waals surface area contributed by atoms with E-state index in [0.717, 1.165) is 23.6 Å². The molecule has 0 radical (unpaired) electrons. The molecular formula is C12H13NO2. The number of benzene rings is 1. The quantitative estimate of drug-likeness (QED) is 0.779. The number of carbonyl (C=O) groups excluding carboxylic acids is 1. The molecule has 0 aliphatic rings. The van der Waals surface area contributed by atoms with E-state index in [0.29, 0.717) is 11.4 Å². The van der Waals surface area contributed by atoms with E-state index >= 15 is 0 Å². The maximum atomic E-state index is 11.0. The highest BCUT2D eigenvalue weighted by Crippen LogP contribution is 2.27. The van der Waals surface area contributed by atoms with Crippen molar-refractivity contribution in [2.24, 2.45) is 0 Å². The van der Waals surface area contributed by atoms with Gasteiger partial charge in [0.15, 0.2) is 6.29 Å². The molecular weight excluding hydrogens is 190 g/mol. The Bertz CT molecular complexity index is 500. The van der Waals surface area contributed by atoms with E-state index in [-0.39, 0.29) is 0 Å². The highest BCUT2D eigenvalue weighted by Gasteiger charge is 2.10. The van der Waals surface area contributed by atoms with E-state index in [1.807, 2.05) is 18.2 Å². The number of methoxy groups -OCH3 is 1. The first-order valence-electron chi connectivity index (χ1n) is 4.94. The van der Waals surface area contributed by atoms with Gasteiger partial charge in [-0.3, -0.25) is 4.79 Å². The topological polar surface area (TPSA) is 42.1 Å². The number of nitrogens with one attached hydrogen (secondary N) is 1. The van der Waals surface area contributed by atoms with Gasteiger partial charge in [-0.05, 0) is 24.1 Å². The molecule has 0 aliphatic heterocycles. The zero-order valence-corrected chi connectivity index (χ0v) is 8.83. The first-order chi connectivity index (χ1) is 7.30. The van der Waals surface area contributed by atoms with E-state index in [2.05, 4.69) is 11.9 Å². The van der Waals surface area contributed by atoms with Crippen LogP contribution in [0.1, 0.15) is 22.8 Å². The predicted molar refractivity (Wildman–Crippen MR) is 59.6 cm³/mol. The van der Waals surface area contributed by atoms with E-state index in [4.69, 9.17) is 4.74 Å². The van der Waals surface area contributed by atoms with Gasteiger partial charge in [0.2, 0.25) is 5.88 Å². The lowest BCUT2D eigenvalue weighted by molar-refractivity contribution is 0.112. The smallest absolute Gasteiger partial charge is 0.202 e. The molecule has 3 heteroatoms. The fraction of sp³-hybridized carbons (Fsp3) is 0.250. The molecule has 15 heavy (non-hydrogen) atoms. The Morgan fingerprint density at radius 3 is 2.87 bits per heavy atom. The molecule has 3 nitrogen and oxygen atoms in total. The van der Waals surface area contributed by atoms with Crippen LogP contribution in [0.2, 0.25) is 0 Å². The Kier molecular flexibility index (Phi) is 2.46. The summed E-state index contributed by atoms with van der Waals surface area (Å²) in [5.41, 5.74) is 2.75. The third-order valence-corrected chi connectivity index (χ3v) is 2.60. The fourth-order valence-corrected chi connectivity index (χ4v) is 1.73. The number of aryl methyl sites for hydroxylation is 1. The van der Waals surface area contributed by atoms with Crippen LogP contribution in [-0.4, -0.2) is 18.4 Å². The Hall–Kier alpha value is -1.77. The molecule has 0 saturated heterocycles. The number of hydrogen-bond donors (Lipinski definition) is 1. The summed E-state index contributed by atoms with van der Waals surface area (Å²) in [5.74, 6) is 0.535. The Labute approximate surface area is 88.1 Å². The maximum absolute atomic E-state index is 11.0. The van der Waals surface area contributed by atoms with Crippen molar-refractivity contribution in [3.05, 3.63) is 29.3 Å². The van der Waals surface area contributed by atoms with Gasteiger partial charge in [-0.25, -0.2) is 0 Å². The zero-order valence-electron chi connectivity index (χ0n) is 8.83.